The number of carboxylic acids is 1. The molecule has 0 aromatic rings. The van der Waals surface area contributed by atoms with Crippen molar-refractivity contribution in [3.05, 3.63) is 0 Å². The summed E-state index contributed by atoms with van der Waals surface area (Å²) in [7, 11) is 0. The number of carbonyl (C=O) groups is 2. The number of hydrogen-bond acceptors (Lipinski definition) is 3. The van der Waals surface area contributed by atoms with Crippen LogP contribution in [-0.4, -0.2) is 40.9 Å². The third-order valence-corrected chi connectivity index (χ3v) is 3.14. The number of amides is 2. The normalized spacial score (nSPS) is 26.0. The second kappa shape index (κ2) is 6.44. The van der Waals surface area contributed by atoms with Gasteiger partial charge >= 0.3 is 12.0 Å². The molecule has 0 radical (unpaired) electrons. The molecule has 1 atom stereocenters. The maximum absolute atomic E-state index is 11.5. The topological polar surface area (TPSA) is 98.7 Å². The van der Waals surface area contributed by atoms with Crippen LogP contribution in [0, 0.1) is 5.92 Å². The molecule has 98 valence electrons. The van der Waals surface area contributed by atoms with Crippen molar-refractivity contribution >= 4 is 12.0 Å². The predicted molar refractivity (Wildman–Crippen MR) is 61.6 cm³/mol. The van der Waals surface area contributed by atoms with Crippen LogP contribution >= 0.6 is 0 Å². The van der Waals surface area contributed by atoms with Gasteiger partial charge in [-0.25, -0.2) is 9.59 Å². The molecule has 0 aliphatic heterocycles. The highest BCUT2D eigenvalue weighted by molar-refractivity contribution is 5.82. The molecule has 6 heteroatoms. The summed E-state index contributed by atoms with van der Waals surface area (Å²) in [4.78, 5) is 22.1. The fraction of sp³-hybridized carbons (Fsp3) is 0.818. The van der Waals surface area contributed by atoms with Crippen molar-refractivity contribution in [3.8, 4) is 0 Å². The molecule has 0 unspecified atom stereocenters. The van der Waals surface area contributed by atoms with Gasteiger partial charge in [-0.3, -0.25) is 0 Å². The summed E-state index contributed by atoms with van der Waals surface area (Å²) in [5.74, 6) is -0.541. The van der Waals surface area contributed by atoms with Gasteiger partial charge in [-0.1, -0.05) is 6.92 Å². The number of aliphatic hydroxyl groups is 1. The van der Waals surface area contributed by atoms with Gasteiger partial charge in [0.1, 0.15) is 0 Å². The molecule has 17 heavy (non-hydrogen) atoms. The van der Waals surface area contributed by atoms with E-state index in [1.165, 1.54) is 0 Å². The average molecular weight is 244 g/mol. The molecule has 0 bridgehead atoms. The second-order valence-corrected chi connectivity index (χ2v) is 4.65. The zero-order valence-corrected chi connectivity index (χ0v) is 9.98. The molecule has 1 rings (SSSR count). The first-order chi connectivity index (χ1) is 8.02. The number of urea groups is 1. The van der Waals surface area contributed by atoms with Crippen molar-refractivity contribution in [1.29, 1.82) is 0 Å². The van der Waals surface area contributed by atoms with E-state index in [2.05, 4.69) is 17.6 Å². The lowest BCUT2D eigenvalue weighted by molar-refractivity contribution is -0.140. The van der Waals surface area contributed by atoms with Crippen molar-refractivity contribution in [2.75, 3.05) is 6.61 Å². The van der Waals surface area contributed by atoms with Crippen LogP contribution in [0.2, 0.25) is 0 Å². The molecular weight excluding hydrogens is 224 g/mol. The highest BCUT2D eigenvalue weighted by Gasteiger charge is 2.22. The van der Waals surface area contributed by atoms with Crippen LogP contribution in [0.3, 0.4) is 0 Å². The number of aliphatic hydroxyl groups excluding tert-OH is 1. The van der Waals surface area contributed by atoms with E-state index in [4.69, 9.17) is 10.2 Å². The van der Waals surface area contributed by atoms with Gasteiger partial charge < -0.3 is 20.8 Å². The molecule has 1 aliphatic carbocycles. The van der Waals surface area contributed by atoms with Crippen LogP contribution in [0.25, 0.3) is 0 Å². The smallest absolute Gasteiger partial charge is 0.328 e. The Balaban J connectivity index is 2.31. The molecule has 0 aromatic heterocycles. The molecule has 4 N–H and O–H groups in total. The lowest BCUT2D eigenvalue weighted by Gasteiger charge is -2.27. The maximum atomic E-state index is 11.5. The van der Waals surface area contributed by atoms with Crippen LogP contribution < -0.4 is 10.6 Å². The van der Waals surface area contributed by atoms with E-state index < -0.39 is 24.6 Å². The van der Waals surface area contributed by atoms with Crippen molar-refractivity contribution in [2.45, 2.75) is 44.7 Å². The zero-order chi connectivity index (χ0) is 12.8. The molecule has 1 saturated carbocycles. The highest BCUT2D eigenvalue weighted by Crippen LogP contribution is 2.23. The monoisotopic (exact) mass is 244 g/mol. The highest BCUT2D eigenvalue weighted by atomic mass is 16.4. The molecule has 1 fully saturated rings. The van der Waals surface area contributed by atoms with E-state index in [-0.39, 0.29) is 6.04 Å². The largest absolute Gasteiger partial charge is 0.480 e. The number of nitrogens with one attached hydrogen (secondary N) is 2. The molecule has 2 amide bonds. The predicted octanol–water partition coefficient (Wildman–Crippen LogP) is 0.310. The van der Waals surface area contributed by atoms with E-state index in [9.17, 15) is 9.59 Å². The summed E-state index contributed by atoms with van der Waals surface area (Å²) in [5, 5.41) is 22.4. The Labute approximate surface area is 100 Å². The van der Waals surface area contributed by atoms with Crippen molar-refractivity contribution in [3.63, 3.8) is 0 Å². The number of carboxylic acid groups (broad SMARTS) is 1. The van der Waals surface area contributed by atoms with Gasteiger partial charge in [0, 0.05) is 6.04 Å². The molecule has 6 nitrogen and oxygen atoms in total. The molecule has 0 heterocycles. The first kappa shape index (κ1) is 13.8. The minimum absolute atomic E-state index is 0.110. The minimum Gasteiger partial charge on any atom is -0.480 e. The first-order valence-electron chi connectivity index (χ1n) is 5.93. The van der Waals surface area contributed by atoms with Crippen LogP contribution in [0.4, 0.5) is 4.79 Å². The van der Waals surface area contributed by atoms with E-state index in [1.54, 1.807) is 0 Å². The SMILES string of the molecule is CC1CCC(NC(=O)N[C@@H](CO)C(=O)O)CC1. The van der Waals surface area contributed by atoms with Crippen LogP contribution in [0.1, 0.15) is 32.6 Å². The quantitative estimate of drug-likeness (QED) is 0.572. The van der Waals surface area contributed by atoms with Crippen molar-refractivity contribution in [2.24, 2.45) is 5.92 Å². The lowest BCUT2D eigenvalue weighted by atomic mass is 9.87. The molecule has 0 aromatic carbocycles. The Morgan fingerprint density at radius 2 is 1.88 bits per heavy atom. The van der Waals surface area contributed by atoms with Gasteiger partial charge in [0.05, 0.1) is 6.61 Å². The summed E-state index contributed by atoms with van der Waals surface area (Å²) in [6.45, 7) is 1.58. The van der Waals surface area contributed by atoms with Gasteiger partial charge in [-0.15, -0.1) is 0 Å². The van der Waals surface area contributed by atoms with E-state index >= 15 is 0 Å². The number of rotatable bonds is 4. The lowest BCUT2D eigenvalue weighted by Crippen LogP contribution is -2.50. The molecule has 1 aliphatic rings. The first-order valence-corrected chi connectivity index (χ1v) is 5.93. The second-order valence-electron chi connectivity index (χ2n) is 4.65. The maximum Gasteiger partial charge on any atom is 0.328 e. The molecular formula is C11H20N2O4. The van der Waals surface area contributed by atoms with Crippen molar-refractivity contribution < 1.29 is 19.8 Å². The average Bonchev–Trinajstić information content (AvgIpc) is 2.28. The zero-order valence-electron chi connectivity index (χ0n) is 9.98. The Bertz CT molecular complexity index is 275. The third-order valence-electron chi connectivity index (χ3n) is 3.14. The number of carbonyl (C=O) groups excluding carboxylic acids is 1. The number of aliphatic carboxylic acids is 1. The van der Waals surface area contributed by atoms with Gasteiger partial charge in [0.2, 0.25) is 0 Å². The van der Waals surface area contributed by atoms with Gasteiger partial charge in [0.25, 0.3) is 0 Å². The Kier molecular flexibility index (Phi) is 5.21. The van der Waals surface area contributed by atoms with E-state index in [0.29, 0.717) is 5.92 Å². The fourth-order valence-corrected chi connectivity index (χ4v) is 1.98. The fourth-order valence-electron chi connectivity index (χ4n) is 1.98. The van der Waals surface area contributed by atoms with Gasteiger partial charge in [0.15, 0.2) is 6.04 Å². The van der Waals surface area contributed by atoms with Crippen LogP contribution in [0.5, 0.6) is 0 Å². The van der Waals surface area contributed by atoms with Crippen LogP contribution in [0.15, 0.2) is 0 Å². The molecule has 0 spiro atoms. The molecule has 0 saturated heterocycles. The Morgan fingerprint density at radius 1 is 1.29 bits per heavy atom. The third kappa shape index (κ3) is 4.60. The van der Waals surface area contributed by atoms with E-state index in [0.717, 1.165) is 25.7 Å². The summed E-state index contributed by atoms with van der Waals surface area (Å²) in [5.41, 5.74) is 0. The Hall–Kier alpha value is -1.30. The Morgan fingerprint density at radius 3 is 2.35 bits per heavy atom. The summed E-state index contributed by atoms with van der Waals surface area (Å²) < 4.78 is 0. The van der Waals surface area contributed by atoms with Crippen molar-refractivity contribution in [1.82, 2.24) is 10.6 Å². The summed E-state index contributed by atoms with van der Waals surface area (Å²) in [6.07, 6.45) is 4.00. The summed E-state index contributed by atoms with van der Waals surface area (Å²) in [6, 6.07) is -1.65. The summed E-state index contributed by atoms with van der Waals surface area (Å²) >= 11 is 0. The number of hydrogen-bond donors (Lipinski definition) is 4. The van der Waals surface area contributed by atoms with Gasteiger partial charge in [-0.05, 0) is 31.6 Å². The standard InChI is InChI=1S/C11H20N2O4/c1-7-2-4-8(5-3-7)12-11(17)13-9(6-14)10(15)16/h7-9,14H,2-6H2,1H3,(H,15,16)(H2,12,13,17)/t7?,8?,9-/m0/s1. The minimum atomic E-state index is -1.24. The van der Waals surface area contributed by atoms with Gasteiger partial charge in [-0.2, -0.15) is 0 Å². The van der Waals surface area contributed by atoms with E-state index in [1.807, 2.05) is 0 Å². The van der Waals surface area contributed by atoms with Crippen LogP contribution in [-0.2, 0) is 4.79 Å².